The SMILES string of the molecule is Cn1nnn(-c2cccc(Br)c2COc2ccccc2Cl)c1=O. The van der Waals surface area contributed by atoms with Crippen molar-refractivity contribution in [3.05, 3.63) is 68.0 Å². The largest absolute Gasteiger partial charge is 0.487 e. The fourth-order valence-corrected chi connectivity index (χ4v) is 2.73. The topological polar surface area (TPSA) is 61.9 Å². The number of ether oxygens (including phenoxy) is 1. The fraction of sp³-hybridized carbons (Fsp3) is 0.133. The van der Waals surface area contributed by atoms with Gasteiger partial charge in [-0.2, -0.15) is 9.36 Å². The van der Waals surface area contributed by atoms with Gasteiger partial charge in [0.2, 0.25) is 0 Å². The van der Waals surface area contributed by atoms with Crippen molar-refractivity contribution in [1.82, 2.24) is 19.8 Å². The summed E-state index contributed by atoms with van der Waals surface area (Å²) in [6.07, 6.45) is 0. The molecule has 0 unspecified atom stereocenters. The quantitative estimate of drug-likeness (QED) is 0.681. The number of nitrogens with zero attached hydrogens (tertiary/aromatic N) is 4. The first kappa shape index (κ1) is 15.8. The highest BCUT2D eigenvalue weighted by atomic mass is 79.9. The molecule has 0 aliphatic rings. The van der Waals surface area contributed by atoms with Crippen LogP contribution in [-0.4, -0.2) is 19.8 Å². The molecule has 0 bridgehead atoms. The van der Waals surface area contributed by atoms with E-state index in [1.165, 1.54) is 9.36 Å². The van der Waals surface area contributed by atoms with E-state index >= 15 is 0 Å². The number of para-hydroxylation sites is 1. The molecule has 118 valence electrons. The number of hydrogen-bond acceptors (Lipinski definition) is 4. The highest BCUT2D eigenvalue weighted by molar-refractivity contribution is 9.10. The Morgan fingerprint density at radius 1 is 1.17 bits per heavy atom. The number of tetrazole rings is 1. The van der Waals surface area contributed by atoms with Gasteiger partial charge >= 0.3 is 5.69 Å². The lowest BCUT2D eigenvalue weighted by molar-refractivity contribution is 0.305. The molecule has 0 saturated heterocycles. The van der Waals surface area contributed by atoms with Crippen LogP contribution in [0.5, 0.6) is 5.75 Å². The molecule has 0 atom stereocenters. The van der Waals surface area contributed by atoms with E-state index in [9.17, 15) is 4.79 Å². The van der Waals surface area contributed by atoms with Crippen LogP contribution in [0.3, 0.4) is 0 Å². The van der Waals surface area contributed by atoms with E-state index in [0.717, 1.165) is 10.0 Å². The van der Waals surface area contributed by atoms with E-state index in [1.54, 1.807) is 25.2 Å². The first-order valence-electron chi connectivity index (χ1n) is 6.72. The number of rotatable bonds is 4. The molecular weight excluding hydrogens is 384 g/mol. The van der Waals surface area contributed by atoms with Gasteiger partial charge in [-0.25, -0.2) is 4.79 Å². The summed E-state index contributed by atoms with van der Waals surface area (Å²) >= 11 is 9.58. The Hall–Kier alpha value is -2.12. The minimum atomic E-state index is -0.331. The minimum Gasteiger partial charge on any atom is -0.487 e. The normalized spacial score (nSPS) is 10.7. The van der Waals surface area contributed by atoms with Gasteiger partial charge in [0.15, 0.2) is 0 Å². The third-order valence-electron chi connectivity index (χ3n) is 3.25. The average Bonchev–Trinajstić information content (AvgIpc) is 2.87. The van der Waals surface area contributed by atoms with E-state index in [4.69, 9.17) is 16.3 Å². The van der Waals surface area contributed by atoms with Crippen LogP contribution in [0.15, 0.2) is 51.7 Å². The maximum Gasteiger partial charge on any atom is 0.368 e. The van der Waals surface area contributed by atoms with Crippen LogP contribution in [0.25, 0.3) is 5.69 Å². The summed E-state index contributed by atoms with van der Waals surface area (Å²) in [5.74, 6) is 0.572. The van der Waals surface area contributed by atoms with E-state index < -0.39 is 0 Å². The van der Waals surface area contributed by atoms with Crippen molar-refractivity contribution >= 4 is 27.5 Å². The van der Waals surface area contributed by atoms with Crippen LogP contribution in [-0.2, 0) is 13.7 Å². The predicted octanol–water partition coefficient (Wildman–Crippen LogP) is 2.96. The van der Waals surface area contributed by atoms with Gasteiger partial charge in [0.1, 0.15) is 12.4 Å². The molecule has 3 aromatic rings. The number of hydrogen-bond donors (Lipinski definition) is 0. The lowest BCUT2D eigenvalue weighted by Crippen LogP contribution is -2.23. The Balaban J connectivity index is 1.98. The zero-order valence-electron chi connectivity index (χ0n) is 12.1. The molecule has 0 spiro atoms. The van der Waals surface area contributed by atoms with E-state index in [0.29, 0.717) is 16.5 Å². The van der Waals surface area contributed by atoms with Crippen LogP contribution in [0.1, 0.15) is 5.56 Å². The van der Waals surface area contributed by atoms with Crippen LogP contribution in [0, 0.1) is 0 Å². The first-order valence-corrected chi connectivity index (χ1v) is 7.89. The number of halogens is 2. The van der Waals surface area contributed by atoms with Crippen molar-refractivity contribution in [1.29, 1.82) is 0 Å². The van der Waals surface area contributed by atoms with Crippen molar-refractivity contribution in [2.24, 2.45) is 7.05 Å². The zero-order chi connectivity index (χ0) is 16.4. The molecule has 1 aromatic heterocycles. The molecule has 3 rings (SSSR count). The zero-order valence-corrected chi connectivity index (χ0v) is 14.5. The predicted molar refractivity (Wildman–Crippen MR) is 90.1 cm³/mol. The van der Waals surface area contributed by atoms with Gasteiger partial charge in [0.25, 0.3) is 0 Å². The van der Waals surface area contributed by atoms with Gasteiger partial charge in [0.05, 0.1) is 10.7 Å². The lowest BCUT2D eigenvalue weighted by Gasteiger charge is -2.12. The molecule has 0 radical (unpaired) electrons. The smallest absolute Gasteiger partial charge is 0.368 e. The molecule has 0 fully saturated rings. The Kier molecular flexibility index (Phi) is 4.49. The summed E-state index contributed by atoms with van der Waals surface area (Å²) in [4.78, 5) is 12.1. The fourth-order valence-electron chi connectivity index (χ4n) is 2.07. The Labute approximate surface area is 145 Å². The second-order valence-electron chi connectivity index (χ2n) is 4.75. The summed E-state index contributed by atoms with van der Waals surface area (Å²) in [6, 6.07) is 12.7. The third kappa shape index (κ3) is 3.16. The Bertz CT molecular complexity index is 906. The number of benzene rings is 2. The van der Waals surface area contributed by atoms with Crippen LogP contribution < -0.4 is 10.4 Å². The maximum atomic E-state index is 12.1. The van der Waals surface area contributed by atoms with E-state index in [2.05, 4.69) is 26.4 Å². The molecule has 6 nitrogen and oxygen atoms in total. The van der Waals surface area contributed by atoms with Crippen molar-refractivity contribution in [2.75, 3.05) is 0 Å². The standard InChI is InChI=1S/C15H12BrClN4O2/c1-20-15(22)21(19-18-20)13-7-4-5-11(16)10(13)9-23-14-8-3-2-6-12(14)17/h2-8H,9H2,1H3. The second-order valence-corrected chi connectivity index (χ2v) is 6.02. The lowest BCUT2D eigenvalue weighted by atomic mass is 10.2. The molecule has 0 amide bonds. The molecule has 0 N–H and O–H groups in total. The molecule has 0 aliphatic heterocycles. The Morgan fingerprint density at radius 2 is 1.96 bits per heavy atom. The highest BCUT2D eigenvalue weighted by Crippen LogP contribution is 2.27. The molecular formula is C15H12BrClN4O2. The summed E-state index contributed by atoms with van der Waals surface area (Å²) in [5, 5.41) is 8.14. The average molecular weight is 396 g/mol. The van der Waals surface area contributed by atoms with Crippen LogP contribution >= 0.6 is 27.5 Å². The maximum absolute atomic E-state index is 12.1. The molecule has 0 saturated carbocycles. The van der Waals surface area contributed by atoms with Gasteiger partial charge in [-0.3, -0.25) is 0 Å². The van der Waals surface area contributed by atoms with Crippen molar-refractivity contribution < 1.29 is 4.74 Å². The van der Waals surface area contributed by atoms with Crippen LogP contribution in [0.4, 0.5) is 0 Å². The molecule has 23 heavy (non-hydrogen) atoms. The third-order valence-corrected chi connectivity index (χ3v) is 4.31. The molecule has 2 aromatic carbocycles. The number of aryl methyl sites for hydroxylation is 1. The summed E-state index contributed by atoms with van der Waals surface area (Å²) in [5.41, 5.74) is 1.04. The summed E-state index contributed by atoms with van der Waals surface area (Å²) in [6.45, 7) is 0.226. The van der Waals surface area contributed by atoms with Crippen molar-refractivity contribution in [2.45, 2.75) is 6.61 Å². The molecule has 1 heterocycles. The van der Waals surface area contributed by atoms with Gasteiger partial charge in [-0.05, 0) is 34.7 Å². The van der Waals surface area contributed by atoms with Crippen molar-refractivity contribution in [3.63, 3.8) is 0 Å². The van der Waals surface area contributed by atoms with Gasteiger partial charge in [-0.15, -0.1) is 0 Å². The molecule has 8 heteroatoms. The van der Waals surface area contributed by atoms with Gasteiger partial charge in [-0.1, -0.05) is 45.7 Å². The monoisotopic (exact) mass is 394 g/mol. The summed E-state index contributed by atoms with van der Waals surface area (Å²) in [7, 11) is 1.55. The molecule has 0 aliphatic carbocycles. The summed E-state index contributed by atoms with van der Waals surface area (Å²) < 4.78 is 8.98. The van der Waals surface area contributed by atoms with Gasteiger partial charge < -0.3 is 4.74 Å². The highest BCUT2D eigenvalue weighted by Gasteiger charge is 2.14. The minimum absolute atomic E-state index is 0.226. The Morgan fingerprint density at radius 3 is 2.65 bits per heavy atom. The first-order chi connectivity index (χ1) is 11.1. The van der Waals surface area contributed by atoms with Crippen molar-refractivity contribution in [3.8, 4) is 11.4 Å². The van der Waals surface area contributed by atoms with E-state index in [1.807, 2.05) is 24.3 Å². The van der Waals surface area contributed by atoms with Gasteiger partial charge in [0, 0.05) is 17.1 Å². The van der Waals surface area contributed by atoms with Crippen LogP contribution in [0.2, 0.25) is 5.02 Å². The number of aromatic nitrogens is 4. The second kappa shape index (κ2) is 6.55. The van der Waals surface area contributed by atoms with E-state index in [-0.39, 0.29) is 12.3 Å².